The van der Waals surface area contributed by atoms with E-state index < -0.39 is 0 Å². The molecule has 0 radical (unpaired) electrons. The maximum atomic E-state index is 6.07. The summed E-state index contributed by atoms with van der Waals surface area (Å²) in [4.78, 5) is 0. The van der Waals surface area contributed by atoms with Crippen molar-refractivity contribution in [2.24, 2.45) is 0 Å². The van der Waals surface area contributed by atoms with Gasteiger partial charge in [0.15, 0.2) is 0 Å². The summed E-state index contributed by atoms with van der Waals surface area (Å²) in [6, 6.07) is 23.3. The SMILES string of the molecule is Clc1ccc2c(ccc3c4cccccc-4cc32)c1. The minimum Gasteiger partial charge on any atom is -0.0843 e. The van der Waals surface area contributed by atoms with E-state index in [-0.39, 0.29) is 0 Å². The van der Waals surface area contributed by atoms with E-state index in [1.54, 1.807) is 0 Å². The summed E-state index contributed by atoms with van der Waals surface area (Å²) in [5.41, 5.74) is 2.58. The van der Waals surface area contributed by atoms with Crippen molar-refractivity contribution in [3.8, 4) is 11.1 Å². The summed E-state index contributed by atoms with van der Waals surface area (Å²) in [6.07, 6.45) is 0. The summed E-state index contributed by atoms with van der Waals surface area (Å²) in [6.45, 7) is 0. The van der Waals surface area contributed by atoms with Gasteiger partial charge in [-0.1, -0.05) is 60.1 Å². The summed E-state index contributed by atoms with van der Waals surface area (Å²) in [5.74, 6) is 0. The Hall–Kier alpha value is -2.05. The van der Waals surface area contributed by atoms with Crippen LogP contribution < -0.4 is 0 Å². The van der Waals surface area contributed by atoms with Crippen molar-refractivity contribution in [2.45, 2.75) is 0 Å². The van der Waals surface area contributed by atoms with Crippen LogP contribution in [0.1, 0.15) is 0 Å². The van der Waals surface area contributed by atoms with Crippen LogP contribution in [-0.4, -0.2) is 0 Å². The minimum atomic E-state index is 0.786. The number of benzene rings is 2. The molecule has 0 amide bonds. The summed E-state index contributed by atoms with van der Waals surface area (Å²) in [7, 11) is 0. The van der Waals surface area contributed by atoms with Gasteiger partial charge in [-0.15, -0.1) is 0 Å². The van der Waals surface area contributed by atoms with E-state index in [2.05, 4.69) is 54.6 Å². The predicted molar refractivity (Wildman–Crippen MR) is 83.1 cm³/mol. The number of fused-ring (bicyclic) bond motifs is 5. The highest BCUT2D eigenvalue weighted by molar-refractivity contribution is 6.31. The quantitative estimate of drug-likeness (QED) is 0.378. The molecule has 0 saturated heterocycles. The van der Waals surface area contributed by atoms with Crippen molar-refractivity contribution >= 4 is 33.1 Å². The maximum absolute atomic E-state index is 6.07. The fourth-order valence-corrected chi connectivity index (χ4v) is 2.98. The highest BCUT2D eigenvalue weighted by atomic mass is 35.5. The fraction of sp³-hybridized carbons (Fsp3) is 0. The largest absolute Gasteiger partial charge is 0.0843 e. The Morgan fingerprint density at radius 3 is 2.42 bits per heavy atom. The molecular weight excluding hydrogens is 252 g/mol. The van der Waals surface area contributed by atoms with E-state index >= 15 is 0 Å². The first kappa shape index (κ1) is 10.8. The second-order valence-electron chi connectivity index (χ2n) is 4.82. The van der Waals surface area contributed by atoms with Crippen LogP contribution >= 0.6 is 11.6 Å². The van der Waals surface area contributed by atoms with Crippen LogP contribution in [0.2, 0.25) is 5.02 Å². The summed E-state index contributed by atoms with van der Waals surface area (Å²) in [5, 5.41) is 5.85. The Balaban J connectivity index is 2.23. The van der Waals surface area contributed by atoms with Gasteiger partial charge in [-0.25, -0.2) is 0 Å². The molecule has 2 aromatic carbocycles. The van der Waals surface area contributed by atoms with E-state index in [1.807, 2.05) is 12.1 Å². The molecule has 0 bridgehead atoms. The lowest BCUT2D eigenvalue weighted by Crippen LogP contribution is -1.74. The van der Waals surface area contributed by atoms with Crippen molar-refractivity contribution < 1.29 is 0 Å². The lowest BCUT2D eigenvalue weighted by Gasteiger charge is -2.01. The van der Waals surface area contributed by atoms with Crippen molar-refractivity contribution in [1.82, 2.24) is 0 Å². The van der Waals surface area contributed by atoms with E-state index in [9.17, 15) is 0 Å². The molecule has 0 heterocycles. The number of halogens is 1. The van der Waals surface area contributed by atoms with Gasteiger partial charge in [0.2, 0.25) is 0 Å². The number of rotatable bonds is 0. The van der Waals surface area contributed by atoms with E-state index in [0.717, 1.165) is 5.02 Å². The normalized spacial score (nSPS) is 11.4. The van der Waals surface area contributed by atoms with Gasteiger partial charge in [0.05, 0.1) is 0 Å². The van der Waals surface area contributed by atoms with E-state index in [4.69, 9.17) is 11.6 Å². The first-order valence-electron chi connectivity index (χ1n) is 6.33. The number of hydrogen-bond donors (Lipinski definition) is 0. The van der Waals surface area contributed by atoms with Gasteiger partial charge in [-0.3, -0.25) is 0 Å². The van der Waals surface area contributed by atoms with Gasteiger partial charge in [0.25, 0.3) is 0 Å². The van der Waals surface area contributed by atoms with Crippen molar-refractivity contribution in [2.75, 3.05) is 0 Å². The third kappa shape index (κ3) is 1.61. The molecule has 2 aromatic rings. The monoisotopic (exact) mass is 262 g/mol. The first-order chi connectivity index (χ1) is 9.33. The van der Waals surface area contributed by atoms with Crippen LogP contribution in [-0.2, 0) is 0 Å². The molecule has 90 valence electrons. The molecule has 0 saturated carbocycles. The van der Waals surface area contributed by atoms with Crippen LogP contribution in [0.25, 0.3) is 32.7 Å². The molecule has 0 nitrogen and oxygen atoms in total. The van der Waals surface area contributed by atoms with Crippen molar-refractivity contribution in [1.29, 1.82) is 0 Å². The van der Waals surface area contributed by atoms with Crippen LogP contribution in [0.5, 0.6) is 0 Å². The first-order valence-corrected chi connectivity index (χ1v) is 6.70. The molecule has 1 heteroatoms. The fourth-order valence-electron chi connectivity index (χ4n) is 2.80. The highest BCUT2D eigenvalue weighted by Gasteiger charge is 2.10. The average Bonchev–Trinajstić information content (AvgIpc) is 2.61. The topological polar surface area (TPSA) is 0 Å². The zero-order valence-electron chi connectivity index (χ0n) is 10.2. The Bertz CT molecular complexity index is 877. The number of hydrogen-bond acceptors (Lipinski definition) is 0. The Morgan fingerprint density at radius 2 is 1.47 bits per heavy atom. The van der Waals surface area contributed by atoms with Crippen LogP contribution in [0.3, 0.4) is 0 Å². The second-order valence-corrected chi connectivity index (χ2v) is 5.25. The average molecular weight is 263 g/mol. The molecule has 0 atom stereocenters. The molecule has 4 rings (SSSR count). The molecule has 0 spiro atoms. The van der Waals surface area contributed by atoms with Gasteiger partial charge < -0.3 is 0 Å². The Labute approximate surface area is 116 Å². The van der Waals surface area contributed by atoms with Crippen molar-refractivity contribution in [3.05, 3.63) is 71.8 Å². The van der Waals surface area contributed by atoms with Crippen LogP contribution in [0.15, 0.2) is 66.7 Å². The molecule has 2 aliphatic rings. The van der Waals surface area contributed by atoms with Crippen LogP contribution in [0, 0.1) is 0 Å². The molecule has 0 N–H and O–H groups in total. The van der Waals surface area contributed by atoms with E-state index in [0.29, 0.717) is 0 Å². The lowest BCUT2D eigenvalue weighted by molar-refractivity contribution is 1.80. The maximum Gasteiger partial charge on any atom is 0.0412 e. The van der Waals surface area contributed by atoms with Gasteiger partial charge in [-0.2, -0.15) is 0 Å². The molecule has 19 heavy (non-hydrogen) atoms. The second kappa shape index (κ2) is 3.97. The molecule has 0 unspecified atom stereocenters. The molecule has 0 fully saturated rings. The third-order valence-electron chi connectivity index (χ3n) is 3.69. The zero-order chi connectivity index (χ0) is 12.8. The van der Waals surface area contributed by atoms with Gasteiger partial charge in [0.1, 0.15) is 0 Å². The van der Waals surface area contributed by atoms with Gasteiger partial charge >= 0.3 is 0 Å². The highest BCUT2D eigenvalue weighted by Crippen LogP contribution is 2.37. The summed E-state index contributed by atoms with van der Waals surface area (Å²) >= 11 is 6.07. The standard InChI is InChI=1S/C18H11Cl/c19-14-7-9-16-13(10-14)6-8-17-15-5-3-1-2-4-12(15)11-18(16)17/h1-11H. The molecular formula is C18H11Cl. The van der Waals surface area contributed by atoms with E-state index in [1.165, 1.54) is 32.7 Å². The Kier molecular flexibility index (Phi) is 2.27. The summed E-state index contributed by atoms with van der Waals surface area (Å²) < 4.78 is 0. The molecule has 2 aliphatic carbocycles. The van der Waals surface area contributed by atoms with Gasteiger partial charge in [0, 0.05) is 5.02 Å². The van der Waals surface area contributed by atoms with Crippen molar-refractivity contribution in [3.63, 3.8) is 0 Å². The van der Waals surface area contributed by atoms with Gasteiger partial charge in [-0.05, 0) is 50.9 Å². The molecule has 0 aromatic heterocycles. The molecule has 0 aliphatic heterocycles. The lowest BCUT2D eigenvalue weighted by atomic mass is 10.0. The predicted octanol–water partition coefficient (Wildman–Crippen LogP) is 5.75. The smallest absolute Gasteiger partial charge is 0.0412 e. The zero-order valence-corrected chi connectivity index (χ0v) is 11.0. The van der Waals surface area contributed by atoms with Crippen LogP contribution in [0.4, 0.5) is 0 Å². The Morgan fingerprint density at radius 1 is 0.632 bits per heavy atom. The third-order valence-corrected chi connectivity index (χ3v) is 3.92. The minimum absolute atomic E-state index is 0.786.